The van der Waals surface area contributed by atoms with Crippen LogP contribution in [0.2, 0.25) is 0 Å². The highest BCUT2D eigenvalue weighted by molar-refractivity contribution is 5.04. The smallest absolute Gasteiger partial charge is 0.291 e. The van der Waals surface area contributed by atoms with Crippen molar-refractivity contribution in [3.05, 3.63) is 20.2 Å². The fourth-order valence-electron chi connectivity index (χ4n) is 4.18. The molecule has 0 amide bonds. The molecule has 9 heteroatoms. The third-order valence-electron chi connectivity index (χ3n) is 4.09. The lowest BCUT2D eigenvalue weighted by molar-refractivity contribution is -0.742. The van der Waals surface area contributed by atoms with Gasteiger partial charge >= 0.3 is 0 Å². The van der Waals surface area contributed by atoms with Gasteiger partial charge in [0.15, 0.2) is 0 Å². The highest BCUT2D eigenvalue weighted by atomic mass is 16.9. The molecule has 110 valence electrons. The van der Waals surface area contributed by atoms with Crippen molar-refractivity contribution < 1.29 is 20.6 Å². The third-order valence-corrected chi connectivity index (χ3v) is 4.09. The van der Waals surface area contributed by atoms with E-state index < -0.39 is 10.2 Å². The normalized spacial score (nSPS) is 37.4. The minimum atomic E-state index is -1.50. The molecule has 0 aromatic heterocycles. The Labute approximate surface area is 109 Å². The first-order valence-corrected chi connectivity index (χ1v) is 6.15. The first-order valence-electron chi connectivity index (χ1n) is 6.15. The van der Waals surface area contributed by atoms with E-state index in [1.54, 1.807) is 0 Å². The first kappa shape index (κ1) is 15.4. The lowest BCUT2D eigenvalue weighted by Crippen LogP contribution is -2.55. The Morgan fingerprint density at radius 3 is 1.26 bits per heavy atom. The van der Waals surface area contributed by atoms with E-state index in [9.17, 15) is 0 Å². The van der Waals surface area contributed by atoms with Crippen LogP contribution >= 0.6 is 0 Å². The van der Waals surface area contributed by atoms with Crippen molar-refractivity contribution in [3.8, 4) is 0 Å². The Bertz CT molecular complexity index is 293. The van der Waals surface area contributed by atoms with Crippen molar-refractivity contribution >= 4 is 0 Å². The molecule has 0 heterocycles. The van der Waals surface area contributed by atoms with E-state index in [4.69, 9.17) is 36.4 Å². The SMILES string of the molecule is NC12CC3CC(CC(C3)C1)C2.O=[N+]([O-])O.O=[N+]([O-])O. The predicted molar refractivity (Wildman–Crippen MR) is 62.7 cm³/mol. The molecule has 4 N–H and O–H groups in total. The standard InChI is InChI=1S/C10H17N.2HNO3/c11-10-4-7-1-8(5-10)3-9(2-7)6-10;2*2-1(3)4/h7-9H,1-6,11H2;2*(H,2,3,4). The van der Waals surface area contributed by atoms with E-state index >= 15 is 0 Å². The number of hydrogen-bond acceptors (Lipinski definition) is 5. The van der Waals surface area contributed by atoms with Crippen LogP contribution in [-0.4, -0.2) is 26.1 Å². The summed E-state index contributed by atoms with van der Waals surface area (Å²) >= 11 is 0. The number of nitrogens with two attached hydrogens (primary N) is 1. The third kappa shape index (κ3) is 5.25. The molecule has 4 bridgehead atoms. The first-order chi connectivity index (χ1) is 8.70. The maximum absolute atomic E-state index is 8.36. The van der Waals surface area contributed by atoms with Gasteiger partial charge in [-0.3, -0.25) is 0 Å². The van der Waals surface area contributed by atoms with Gasteiger partial charge in [0.05, 0.1) is 0 Å². The lowest BCUT2D eigenvalue weighted by Gasteiger charge is -2.55. The molecule has 0 aromatic carbocycles. The van der Waals surface area contributed by atoms with Gasteiger partial charge in [-0.25, -0.2) is 0 Å². The van der Waals surface area contributed by atoms with Gasteiger partial charge in [-0.1, -0.05) is 0 Å². The molecule has 0 saturated heterocycles. The number of nitrogens with zero attached hydrogens (tertiary/aromatic N) is 2. The van der Waals surface area contributed by atoms with Crippen LogP contribution < -0.4 is 5.73 Å². The molecule has 4 aliphatic carbocycles. The predicted octanol–water partition coefficient (Wildman–Crippen LogP) is 1.22. The van der Waals surface area contributed by atoms with Crippen LogP contribution in [-0.2, 0) is 0 Å². The van der Waals surface area contributed by atoms with Gasteiger partial charge in [-0.15, -0.1) is 20.2 Å². The Hall–Kier alpha value is -1.64. The van der Waals surface area contributed by atoms with Crippen LogP contribution in [0.3, 0.4) is 0 Å². The maximum atomic E-state index is 8.36. The van der Waals surface area contributed by atoms with Crippen molar-refractivity contribution in [2.45, 2.75) is 44.1 Å². The van der Waals surface area contributed by atoms with Crippen molar-refractivity contribution in [2.24, 2.45) is 23.5 Å². The van der Waals surface area contributed by atoms with Crippen molar-refractivity contribution in [2.75, 3.05) is 0 Å². The van der Waals surface area contributed by atoms with Gasteiger partial charge in [0.2, 0.25) is 0 Å². The quantitative estimate of drug-likeness (QED) is 0.444. The van der Waals surface area contributed by atoms with Crippen LogP contribution in [0, 0.1) is 38.0 Å². The minimum absolute atomic E-state index is 0.300. The van der Waals surface area contributed by atoms with Crippen LogP contribution in [0.25, 0.3) is 0 Å². The second-order valence-corrected chi connectivity index (χ2v) is 5.76. The van der Waals surface area contributed by atoms with Gasteiger partial charge in [0, 0.05) is 5.54 Å². The highest BCUT2D eigenvalue weighted by Crippen LogP contribution is 2.54. The summed E-state index contributed by atoms with van der Waals surface area (Å²) in [5, 5.41) is 27.3. The Kier molecular flexibility index (Phi) is 4.87. The molecule has 4 saturated carbocycles. The van der Waals surface area contributed by atoms with Gasteiger partial charge in [0.1, 0.15) is 0 Å². The molecule has 0 spiro atoms. The van der Waals surface area contributed by atoms with Crippen LogP contribution in [0.1, 0.15) is 38.5 Å². The van der Waals surface area contributed by atoms with Gasteiger partial charge in [-0.2, -0.15) is 0 Å². The van der Waals surface area contributed by atoms with Gasteiger partial charge in [0.25, 0.3) is 10.2 Å². The summed E-state index contributed by atoms with van der Waals surface area (Å²) < 4.78 is 0. The summed E-state index contributed by atoms with van der Waals surface area (Å²) in [5.41, 5.74) is 6.62. The Morgan fingerprint density at radius 1 is 0.895 bits per heavy atom. The van der Waals surface area contributed by atoms with E-state index in [0.29, 0.717) is 5.54 Å². The fourth-order valence-corrected chi connectivity index (χ4v) is 4.18. The molecular weight excluding hydrogens is 258 g/mol. The monoisotopic (exact) mass is 277 g/mol. The topological polar surface area (TPSA) is 153 Å². The van der Waals surface area contributed by atoms with E-state index in [2.05, 4.69) is 0 Å². The molecule has 0 atom stereocenters. The largest absolute Gasteiger partial charge is 0.328 e. The number of rotatable bonds is 0. The summed E-state index contributed by atoms with van der Waals surface area (Å²) in [6.45, 7) is 0. The number of hydrogen-bond donors (Lipinski definition) is 3. The molecule has 0 aromatic rings. The molecule has 4 rings (SSSR count). The molecule has 0 unspecified atom stereocenters. The second-order valence-electron chi connectivity index (χ2n) is 5.76. The van der Waals surface area contributed by atoms with Crippen molar-refractivity contribution in [1.29, 1.82) is 0 Å². The fraction of sp³-hybridized carbons (Fsp3) is 1.00. The maximum Gasteiger partial charge on any atom is 0.291 e. The van der Waals surface area contributed by atoms with Crippen LogP contribution in [0.15, 0.2) is 0 Å². The summed E-state index contributed by atoms with van der Waals surface area (Å²) in [7, 11) is 0. The Balaban J connectivity index is 0.000000192. The van der Waals surface area contributed by atoms with E-state index in [0.717, 1.165) is 17.8 Å². The van der Waals surface area contributed by atoms with E-state index in [1.165, 1.54) is 38.5 Å². The Morgan fingerprint density at radius 2 is 1.11 bits per heavy atom. The second kappa shape index (κ2) is 6.00. The zero-order chi connectivity index (χ0) is 14.6. The van der Waals surface area contributed by atoms with Crippen molar-refractivity contribution in [1.82, 2.24) is 0 Å². The van der Waals surface area contributed by atoms with Crippen molar-refractivity contribution in [3.63, 3.8) is 0 Å². The summed E-state index contributed by atoms with van der Waals surface area (Å²) in [4.78, 5) is 16.7. The van der Waals surface area contributed by atoms with Gasteiger partial charge in [-0.05, 0) is 56.3 Å². The average molecular weight is 277 g/mol. The molecular formula is C10H19N3O6. The summed E-state index contributed by atoms with van der Waals surface area (Å²) in [6, 6.07) is 0. The summed E-state index contributed by atoms with van der Waals surface area (Å²) in [5.74, 6) is 3.06. The zero-order valence-electron chi connectivity index (χ0n) is 10.5. The minimum Gasteiger partial charge on any atom is -0.328 e. The van der Waals surface area contributed by atoms with E-state index in [-0.39, 0.29) is 0 Å². The molecule has 19 heavy (non-hydrogen) atoms. The molecule has 0 aliphatic heterocycles. The van der Waals surface area contributed by atoms with Crippen LogP contribution in [0.4, 0.5) is 0 Å². The van der Waals surface area contributed by atoms with E-state index in [1.807, 2.05) is 0 Å². The molecule has 9 nitrogen and oxygen atoms in total. The lowest BCUT2D eigenvalue weighted by atomic mass is 9.53. The molecule has 0 radical (unpaired) electrons. The zero-order valence-corrected chi connectivity index (χ0v) is 10.5. The average Bonchev–Trinajstić information content (AvgIpc) is 2.09. The molecule has 4 aliphatic rings. The van der Waals surface area contributed by atoms with Gasteiger partial charge < -0.3 is 16.1 Å². The highest BCUT2D eigenvalue weighted by Gasteiger charge is 2.48. The van der Waals surface area contributed by atoms with Crippen LogP contribution in [0.5, 0.6) is 0 Å². The molecule has 4 fully saturated rings. The summed E-state index contributed by atoms with van der Waals surface area (Å²) in [6.07, 6.45) is 8.57.